The van der Waals surface area contributed by atoms with E-state index in [2.05, 4.69) is 17.2 Å². The first-order chi connectivity index (χ1) is 7.15. The number of phenolic OH excluding ortho intramolecular Hbond substituents is 1. The van der Waals surface area contributed by atoms with Crippen molar-refractivity contribution in [3.05, 3.63) is 29.6 Å². The van der Waals surface area contributed by atoms with Gasteiger partial charge in [0.05, 0.1) is 12.1 Å². The van der Waals surface area contributed by atoms with Crippen LogP contribution >= 0.6 is 0 Å². The Morgan fingerprint density at radius 2 is 2.33 bits per heavy atom. The quantitative estimate of drug-likeness (QED) is 0.718. The van der Waals surface area contributed by atoms with Gasteiger partial charge in [-0.1, -0.05) is 5.92 Å². The van der Waals surface area contributed by atoms with Gasteiger partial charge < -0.3 is 10.4 Å². The van der Waals surface area contributed by atoms with Crippen molar-refractivity contribution >= 4 is 5.91 Å². The first kappa shape index (κ1) is 11.1. The molecule has 3 nitrogen and oxygen atoms in total. The van der Waals surface area contributed by atoms with Crippen LogP contribution in [0.5, 0.6) is 5.75 Å². The Morgan fingerprint density at radius 3 is 2.93 bits per heavy atom. The van der Waals surface area contributed by atoms with Crippen LogP contribution in [0, 0.1) is 17.7 Å². The summed E-state index contributed by atoms with van der Waals surface area (Å²) in [5, 5.41) is 11.7. The number of hydrogen-bond acceptors (Lipinski definition) is 2. The second-order valence-electron chi connectivity index (χ2n) is 2.77. The Kier molecular flexibility index (Phi) is 3.69. The molecule has 15 heavy (non-hydrogen) atoms. The van der Waals surface area contributed by atoms with E-state index in [1.165, 1.54) is 6.07 Å². The van der Waals surface area contributed by atoms with Gasteiger partial charge in [0.2, 0.25) is 0 Å². The summed E-state index contributed by atoms with van der Waals surface area (Å²) in [4.78, 5) is 11.4. The monoisotopic (exact) mass is 207 g/mol. The molecule has 0 fully saturated rings. The van der Waals surface area contributed by atoms with Gasteiger partial charge in [-0.3, -0.25) is 4.79 Å². The second kappa shape index (κ2) is 5.01. The minimum Gasteiger partial charge on any atom is -0.507 e. The lowest BCUT2D eigenvalue weighted by molar-refractivity contribution is 0.0956. The molecule has 1 amide bonds. The Hall–Kier alpha value is -2.02. The zero-order valence-electron chi connectivity index (χ0n) is 8.17. The van der Waals surface area contributed by atoms with E-state index in [9.17, 15) is 14.3 Å². The lowest BCUT2D eigenvalue weighted by Crippen LogP contribution is -2.23. The molecule has 0 unspecified atom stereocenters. The van der Waals surface area contributed by atoms with Crippen molar-refractivity contribution in [1.82, 2.24) is 5.32 Å². The van der Waals surface area contributed by atoms with Crippen LogP contribution in [0.4, 0.5) is 4.39 Å². The molecule has 0 heterocycles. The summed E-state index contributed by atoms with van der Waals surface area (Å²) in [6, 6.07) is 3.22. The number of hydrogen-bond donors (Lipinski definition) is 2. The van der Waals surface area contributed by atoms with Gasteiger partial charge in [0.15, 0.2) is 0 Å². The number of rotatable bonds is 2. The van der Waals surface area contributed by atoms with E-state index < -0.39 is 11.7 Å². The van der Waals surface area contributed by atoms with Crippen molar-refractivity contribution in [2.75, 3.05) is 6.54 Å². The molecule has 0 atom stereocenters. The summed E-state index contributed by atoms with van der Waals surface area (Å²) in [6.07, 6.45) is 0. The fourth-order valence-electron chi connectivity index (χ4n) is 1.00. The van der Waals surface area contributed by atoms with Crippen LogP contribution in [0.2, 0.25) is 0 Å². The molecule has 2 N–H and O–H groups in total. The number of carbonyl (C=O) groups is 1. The first-order valence-electron chi connectivity index (χ1n) is 4.31. The minimum absolute atomic E-state index is 0.0364. The van der Waals surface area contributed by atoms with Gasteiger partial charge in [-0.15, -0.1) is 5.92 Å². The number of phenols is 1. The highest BCUT2D eigenvalue weighted by Gasteiger charge is 2.10. The van der Waals surface area contributed by atoms with E-state index in [4.69, 9.17) is 0 Å². The van der Waals surface area contributed by atoms with Crippen LogP contribution in [0.3, 0.4) is 0 Å². The predicted molar refractivity (Wildman–Crippen MR) is 53.8 cm³/mol. The summed E-state index contributed by atoms with van der Waals surface area (Å²) in [5.74, 6) is 3.81. The SMILES string of the molecule is CC#CCNC(=O)c1ccc(F)cc1O. The molecule has 4 heteroatoms. The zero-order chi connectivity index (χ0) is 11.3. The number of amides is 1. The van der Waals surface area contributed by atoms with Gasteiger partial charge >= 0.3 is 0 Å². The zero-order valence-corrected chi connectivity index (χ0v) is 8.17. The lowest BCUT2D eigenvalue weighted by atomic mass is 10.2. The van der Waals surface area contributed by atoms with Crippen molar-refractivity contribution in [2.24, 2.45) is 0 Å². The molecule has 0 aliphatic rings. The third-order valence-electron chi connectivity index (χ3n) is 1.72. The highest BCUT2D eigenvalue weighted by molar-refractivity contribution is 5.96. The van der Waals surface area contributed by atoms with Crippen molar-refractivity contribution in [3.63, 3.8) is 0 Å². The summed E-state index contributed by atoms with van der Waals surface area (Å²) >= 11 is 0. The maximum absolute atomic E-state index is 12.6. The number of benzene rings is 1. The fourth-order valence-corrected chi connectivity index (χ4v) is 1.00. The molecule has 0 saturated carbocycles. The average molecular weight is 207 g/mol. The van der Waals surface area contributed by atoms with E-state index in [-0.39, 0.29) is 17.9 Å². The number of nitrogens with one attached hydrogen (secondary N) is 1. The fraction of sp³-hybridized carbons (Fsp3) is 0.182. The molecular formula is C11H10FNO2. The largest absolute Gasteiger partial charge is 0.507 e. The van der Waals surface area contributed by atoms with Crippen LogP contribution in [-0.2, 0) is 0 Å². The van der Waals surface area contributed by atoms with Crippen LogP contribution in [0.25, 0.3) is 0 Å². The van der Waals surface area contributed by atoms with Gasteiger partial charge in [0.1, 0.15) is 11.6 Å². The van der Waals surface area contributed by atoms with Gasteiger partial charge in [0.25, 0.3) is 5.91 Å². The molecule has 0 aromatic heterocycles. The minimum atomic E-state index is -0.586. The summed E-state index contributed by atoms with van der Waals surface area (Å²) in [5.41, 5.74) is 0.0364. The van der Waals surface area contributed by atoms with E-state index in [1.54, 1.807) is 6.92 Å². The summed E-state index contributed by atoms with van der Waals surface area (Å²) < 4.78 is 12.6. The average Bonchev–Trinajstić information content (AvgIpc) is 2.17. The summed E-state index contributed by atoms with van der Waals surface area (Å²) in [7, 11) is 0. The molecule has 1 rings (SSSR count). The molecule has 0 spiro atoms. The molecule has 0 aliphatic heterocycles. The lowest BCUT2D eigenvalue weighted by Gasteiger charge is -2.03. The van der Waals surface area contributed by atoms with Crippen LogP contribution in [-0.4, -0.2) is 17.6 Å². The maximum Gasteiger partial charge on any atom is 0.255 e. The normalized spacial score (nSPS) is 8.93. The Balaban J connectivity index is 2.76. The number of halogens is 1. The van der Waals surface area contributed by atoms with Gasteiger partial charge in [-0.2, -0.15) is 0 Å². The summed E-state index contributed by atoms with van der Waals surface area (Å²) in [6.45, 7) is 1.85. The van der Waals surface area contributed by atoms with E-state index in [0.29, 0.717) is 0 Å². The van der Waals surface area contributed by atoms with E-state index in [0.717, 1.165) is 12.1 Å². The molecule has 1 aromatic carbocycles. The highest BCUT2D eigenvalue weighted by Crippen LogP contribution is 2.17. The highest BCUT2D eigenvalue weighted by atomic mass is 19.1. The Morgan fingerprint density at radius 1 is 1.60 bits per heavy atom. The van der Waals surface area contributed by atoms with Gasteiger partial charge in [-0.25, -0.2) is 4.39 Å². The number of aromatic hydroxyl groups is 1. The maximum atomic E-state index is 12.6. The number of carbonyl (C=O) groups excluding carboxylic acids is 1. The molecule has 0 saturated heterocycles. The molecule has 0 radical (unpaired) electrons. The van der Waals surface area contributed by atoms with Crippen molar-refractivity contribution in [2.45, 2.75) is 6.92 Å². The molecular weight excluding hydrogens is 197 g/mol. The van der Waals surface area contributed by atoms with Crippen molar-refractivity contribution in [3.8, 4) is 17.6 Å². The van der Waals surface area contributed by atoms with Gasteiger partial charge in [0, 0.05) is 6.07 Å². The molecule has 0 aliphatic carbocycles. The third-order valence-corrected chi connectivity index (χ3v) is 1.72. The van der Waals surface area contributed by atoms with Crippen LogP contribution in [0.1, 0.15) is 17.3 Å². The van der Waals surface area contributed by atoms with E-state index >= 15 is 0 Å². The smallest absolute Gasteiger partial charge is 0.255 e. The van der Waals surface area contributed by atoms with Crippen LogP contribution < -0.4 is 5.32 Å². The molecule has 0 bridgehead atoms. The van der Waals surface area contributed by atoms with Crippen LogP contribution in [0.15, 0.2) is 18.2 Å². The van der Waals surface area contributed by atoms with Crippen molar-refractivity contribution < 1.29 is 14.3 Å². The Bertz CT molecular complexity index is 432. The van der Waals surface area contributed by atoms with Crippen molar-refractivity contribution in [1.29, 1.82) is 0 Å². The predicted octanol–water partition coefficient (Wildman–Crippen LogP) is 1.28. The molecule has 1 aromatic rings. The van der Waals surface area contributed by atoms with E-state index in [1.807, 2.05) is 0 Å². The first-order valence-corrected chi connectivity index (χ1v) is 4.31. The molecule has 78 valence electrons. The Labute approximate surface area is 86.9 Å². The third kappa shape index (κ3) is 2.99. The standard InChI is InChI=1S/C11H10FNO2/c1-2-3-6-13-11(15)9-5-4-8(12)7-10(9)14/h4-5,7,14H,6H2,1H3,(H,13,15). The van der Waals surface area contributed by atoms with Gasteiger partial charge in [-0.05, 0) is 19.1 Å². The topological polar surface area (TPSA) is 49.3 Å². The second-order valence-corrected chi connectivity index (χ2v) is 2.77.